The molecule has 0 spiro atoms. The van der Waals surface area contributed by atoms with Crippen LogP contribution in [0.25, 0.3) is 0 Å². The third kappa shape index (κ3) is 4.41. The normalized spacial score (nSPS) is 10.9. The van der Waals surface area contributed by atoms with Gasteiger partial charge in [0.2, 0.25) is 0 Å². The summed E-state index contributed by atoms with van der Waals surface area (Å²) in [6.07, 6.45) is 5.94. The minimum Gasteiger partial charge on any atom is -0.370 e. The van der Waals surface area contributed by atoms with Gasteiger partial charge in [0.25, 0.3) is 0 Å². The minimum atomic E-state index is 0.554. The number of allylic oxidation sites excluding steroid dienone is 4. The van der Waals surface area contributed by atoms with Crippen LogP contribution >= 0.6 is 0 Å². The Morgan fingerprint density at radius 1 is 1.25 bits per heavy atom. The van der Waals surface area contributed by atoms with E-state index in [-0.39, 0.29) is 0 Å². The second-order valence-electron chi connectivity index (χ2n) is 5.69. The first-order valence-corrected chi connectivity index (χ1v) is 7.22. The van der Waals surface area contributed by atoms with E-state index >= 15 is 0 Å². The van der Waals surface area contributed by atoms with E-state index in [9.17, 15) is 0 Å². The molecule has 0 aliphatic heterocycles. The van der Waals surface area contributed by atoms with Crippen molar-refractivity contribution < 1.29 is 0 Å². The molecule has 0 saturated heterocycles. The Morgan fingerprint density at radius 3 is 2.45 bits per heavy atom. The Balaban J connectivity index is 3.00. The molecular weight excluding hydrogens is 242 g/mol. The van der Waals surface area contributed by atoms with Crippen molar-refractivity contribution >= 4 is 0 Å². The van der Waals surface area contributed by atoms with Crippen LogP contribution in [0.5, 0.6) is 0 Å². The first-order valence-electron chi connectivity index (χ1n) is 7.22. The lowest BCUT2D eigenvalue weighted by atomic mass is 9.97. The predicted molar refractivity (Wildman–Crippen MR) is 89.7 cm³/mol. The highest BCUT2D eigenvalue weighted by Gasteiger charge is 2.09. The number of benzene rings is 1. The lowest BCUT2D eigenvalue weighted by Gasteiger charge is -2.24. The number of nitrogens with zero attached hydrogens (tertiary/aromatic N) is 1. The molecule has 1 rings (SSSR count). The zero-order valence-corrected chi connectivity index (χ0v) is 13.5. The number of likely N-dealkylation sites (N-methyl/N-ethyl adjacent to an activating group) is 1. The Hall–Kier alpha value is -1.76. The molecule has 0 atom stereocenters. The first-order chi connectivity index (χ1) is 9.47. The van der Waals surface area contributed by atoms with Crippen molar-refractivity contribution in [3.8, 4) is 0 Å². The predicted octanol–water partition coefficient (Wildman–Crippen LogP) is 5.28. The van der Waals surface area contributed by atoms with E-state index in [1.54, 1.807) is 0 Å². The average Bonchev–Trinajstić information content (AvgIpc) is 2.39. The lowest BCUT2D eigenvalue weighted by molar-refractivity contribution is 0.417. The van der Waals surface area contributed by atoms with Crippen molar-refractivity contribution in [2.45, 2.75) is 40.2 Å². The summed E-state index contributed by atoms with van der Waals surface area (Å²) in [4.78, 5) is 2.30. The van der Waals surface area contributed by atoms with Gasteiger partial charge in [0.1, 0.15) is 0 Å². The number of hydrogen-bond acceptors (Lipinski definition) is 1. The molecule has 108 valence electrons. The Labute approximate surface area is 124 Å². The van der Waals surface area contributed by atoms with Crippen LogP contribution < -0.4 is 0 Å². The van der Waals surface area contributed by atoms with Crippen molar-refractivity contribution in [3.05, 3.63) is 71.5 Å². The van der Waals surface area contributed by atoms with E-state index in [4.69, 9.17) is 0 Å². The molecule has 0 fully saturated rings. The van der Waals surface area contributed by atoms with E-state index in [0.29, 0.717) is 5.92 Å². The quantitative estimate of drug-likeness (QED) is 0.635. The maximum Gasteiger partial charge on any atom is 0.0429 e. The van der Waals surface area contributed by atoms with Crippen molar-refractivity contribution in [2.24, 2.45) is 0 Å². The van der Waals surface area contributed by atoms with Crippen LogP contribution in [0.3, 0.4) is 0 Å². The molecule has 0 aromatic heterocycles. The monoisotopic (exact) mass is 269 g/mol. The summed E-state index contributed by atoms with van der Waals surface area (Å²) >= 11 is 0. The third-order valence-corrected chi connectivity index (χ3v) is 3.40. The maximum atomic E-state index is 3.74. The number of hydrogen-bond donors (Lipinski definition) is 0. The molecule has 0 N–H and O–H groups in total. The van der Waals surface area contributed by atoms with Gasteiger partial charge in [-0.2, -0.15) is 0 Å². The summed E-state index contributed by atoms with van der Waals surface area (Å²) in [5, 5.41) is 0. The van der Waals surface area contributed by atoms with Crippen LogP contribution in [-0.2, 0) is 6.54 Å². The summed E-state index contributed by atoms with van der Waals surface area (Å²) in [5.74, 6) is 0.554. The van der Waals surface area contributed by atoms with Crippen LogP contribution in [0, 0.1) is 0 Å². The van der Waals surface area contributed by atoms with Gasteiger partial charge in [0.05, 0.1) is 0 Å². The lowest BCUT2D eigenvalue weighted by Crippen LogP contribution is -2.18. The van der Waals surface area contributed by atoms with Gasteiger partial charge in [-0.1, -0.05) is 62.4 Å². The summed E-state index contributed by atoms with van der Waals surface area (Å²) < 4.78 is 0. The molecule has 0 radical (unpaired) electrons. The molecule has 1 nitrogen and oxygen atoms in total. The zero-order chi connectivity index (χ0) is 15.1. The molecule has 0 amide bonds. The summed E-state index contributed by atoms with van der Waals surface area (Å²) in [5.41, 5.74) is 5.40. The Morgan fingerprint density at radius 2 is 1.90 bits per heavy atom. The molecule has 0 unspecified atom stereocenters. The molecule has 20 heavy (non-hydrogen) atoms. The molecule has 1 heteroatoms. The van der Waals surface area contributed by atoms with E-state index in [1.807, 2.05) is 12.2 Å². The van der Waals surface area contributed by atoms with Crippen LogP contribution in [0.1, 0.15) is 44.7 Å². The molecule has 0 aliphatic rings. The van der Waals surface area contributed by atoms with Crippen LogP contribution in [0.15, 0.2) is 60.3 Å². The average molecular weight is 269 g/mol. The molecule has 1 aromatic rings. The van der Waals surface area contributed by atoms with E-state index in [1.165, 1.54) is 22.4 Å². The van der Waals surface area contributed by atoms with Gasteiger partial charge in [-0.3, -0.25) is 0 Å². The first kappa shape index (κ1) is 16.3. The fraction of sp³-hybridized carbons (Fsp3) is 0.368. The smallest absolute Gasteiger partial charge is 0.0429 e. The molecule has 0 saturated carbocycles. The third-order valence-electron chi connectivity index (χ3n) is 3.40. The summed E-state index contributed by atoms with van der Waals surface area (Å²) in [7, 11) is 2.15. The maximum absolute atomic E-state index is 3.74. The van der Waals surface area contributed by atoms with Crippen LogP contribution in [0.4, 0.5) is 0 Å². The van der Waals surface area contributed by atoms with Gasteiger partial charge in [-0.05, 0) is 37.0 Å². The van der Waals surface area contributed by atoms with Gasteiger partial charge in [0.15, 0.2) is 0 Å². The van der Waals surface area contributed by atoms with E-state index in [2.05, 4.69) is 76.6 Å². The second kappa shape index (κ2) is 7.74. The van der Waals surface area contributed by atoms with E-state index < -0.39 is 0 Å². The van der Waals surface area contributed by atoms with Crippen molar-refractivity contribution in [1.29, 1.82) is 0 Å². The summed E-state index contributed by atoms with van der Waals surface area (Å²) in [6, 6.07) is 8.70. The minimum absolute atomic E-state index is 0.554. The van der Waals surface area contributed by atoms with Gasteiger partial charge >= 0.3 is 0 Å². The molecule has 1 aromatic carbocycles. The molecule has 0 heterocycles. The Bertz CT molecular complexity index is 502. The summed E-state index contributed by atoms with van der Waals surface area (Å²) in [6.45, 7) is 13.5. The standard InChI is InChI=1S/C19H27N/c1-7-8-13-19(16(4)5)20(6)14-17-11-9-10-12-18(17)15(2)3/h7-13,15H,1,14H2,2-6H3/b13-8-. The van der Waals surface area contributed by atoms with Crippen molar-refractivity contribution in [3.63, 3.8) is 0 Å². The highest BCUT2D eigenvalue weighted by Crippen LogP contribution is 2.22. The fourth-order valence-electron chi connectivity index (χ4n) is 2.42. The zero-order valence-electron chi connectivity index (χ0n) is 13.5. The fourth-order valence-corrected chi connectivity index (χ4v) is 2.42. The van der Waals surface area contributed by atoms with Gasteiger partial charge < -0.3 is 4.90 Å². The highest BCUT2D eigenvalue weighted by atomic mass is 15.1. The largest absolute Gasteiger partial charge is 0.370 e. The molecular formula is C19H27N. The van der Waals surface area contributed by atoms with E-state index in [0.717, 1.165) is 6.54 Å². The van der Waals surface area contributed by atoms with Gasteiger partial charge in [0, 0.05) is 19.3 Å². The topological polar surface area (TPSA) is 3.24 Å². The van der Waals surface area contributed by atoms with Crippen molar-refractivity contribution in [2.75, 3.05) is 7.05 Å². The van der Waals surface area contributed by atoms with Gasteiger partial charge in [-0.25, -0.2) is 0 Å². The molecule has 0 bridgehead atoms. The Kier molecular flexibility index (Phi) is 6.30. The van der Waals surface area contributed by atoms with Crippen LogP contribution in [-0.4, -0.2) is 11.9 Å². The van der Waals surface area contributed by atoms with Crippen LogP contribution in [0.2, 0.25) is 0 Å². The SMILES string of the molecule is C=C/C=C\C(=C(C)C)N(C)Cc1ccccc1C(C)C. The van der Waals surface area contributed by atoms with Gasteiger partial charge in [-0.15, -0.1) is 0 Å². The highest BCUT2D eigenvalue weighted by molar-refractivity contribution is 5.31. The number of rotatable bonds is 6. The second-order valence-corrected chi connectivity index (χ2v) is 5.69. The molecule has 0 aliphatic carbocycles. The van der Waals surface area contributed by atoms with Crippen molar-refractivity contribution in [1.82, 2.24) is 4.90 Å².